The molecule has 2 unspecified atom stereocenters. The van der Waals surface area contributed by atoms with Gasteiger partial charge < -0.3 is 10.3 Å². The lowest BCUT2D eigenvalue weighted by atomic mass is 9.79. The van der Waals surface area contributed by atoms with Gasteiger partial charge in [-0.3, -0.25) is 0 Å². The van der Waals surface area contributed by atoms with E-state index in [0.717, 1.165) is 31.6 Å². The van der Waals surface area contributed by atoms with Gasteiger partial charge in [0.05, 0.1) is 0 Å². The molecular formula is C17H23N3. The highest BCUT2D eigenvalue weighted by Gasteiger charge is 2.24. The highest BCUT2D eigenvalue weighted by atomic mass is 15.1. The summed E-state index contributed by atoms with van der Waals surface area (Å²) in [4.78, 5) is 4.45. The van der Waals surface area contributed by atoms with Gasteiger partial charge in [0.15, 0.2) is 0 Å². The Balaban J connectivity index is 1.68. The molecule has 3 nitrogen and oxygen atoms in total. The zero-order valence-electron chi connectivity index (χ0n) is 12.1. The van der Waals surface area contributed by atoms with Gasteiger partial charge >= 0.3 is 0 Å². The number of hydrogen-bond acceptors (Lipinski definition) is 2. The number of imidazole rings is 1. The molecule has 0 saturated heterocycles. The summed E-state index contributed by atoms with van der Waals surface area (Å²) >= 11 is 0. The Morgan fingerprint density at radius 2 is 2.15 bits per heavy atom. The molecule has 106 valence electrons. The van der Waals surface area contributed by atoms with Crippen LogP contribution in [0.1, 0.15) is 30.3 Å². The molecule has 2 atom stereocenters. The van der Waals surface area contributed by atoms with Crippen molar-refractivity contribution in [3.05, 3.63) is 53.6 Å². The van der Waals surface area contributed by atoms with Crippen molar-refractivity contribution < 1.29 is 0 Å². The van der Waals surface area contributed by atoms with E-state index in [9.17, 15) is 0 Å². The zero-order valence-corrected chi connectivity index (χ0v) is 12.1. The Morgan fingerprint density at radius 1 is 1.35 bits per heavy atom. The maximum absolute atomic E-state index is 6.47. The molecular weight excluding hydrogens is 246 g/mol. The van der Waals surface area contributed by atoms with E-state index in [-0.39, 0.29) is 6.04 Å². The maximum atomic E-state index is 6.47. The summed E-state index contributed by atoms with van der Waals surface area (Å²) in [5, 5.41) is 0. The van der Waals surface area contributed by atoms with Gasteiger partial charge in [-0.1, -0.05) is 24.3 Å². The van der Waals surface area contributed by atoms with Crippen molar-refractivity contribution in [1.29, 1.82) is 0 Å². The van der Waals surface area contributed by atoms with Crippen molar-refractivity contribution in [2.45, 2.75) is 45.2 Å². The normalized spacial score (nSPS) is 19.6. The predicted octanol–water partition coefficient (Wildman–Crippen LogP) is 2.58. The molecule has 1 aromatic heterocycles. The monoisotopic (exact) mass is 269 g/mol. The third-order valence-corrected chi connectivity index (χ3v) is 4.55. The van der Waals surface area contributed by atoms with E-state index in [1.807, 2.05) is 12.4 Å². The van der Waals surface area contributed by atoms with E-state index in [1.54, 1.807) is 0 Å². The summed E-state index contributed by atoms with van der Waals surface area (Å²) in [5.74, 6) is 1.70. The number of nitrogens with two attached hydrogens (primary N) is 1. The number of benzene rings is 1. The molecule has 2 aromatic rings. The van der Waals surface area contributed by atoms with Crippen molar-refractivity contribution in [3.63, 3.8) is 0 Å². The molecule has 2 N–H and O–H groups in total. The third kappa shape index (κ3) is 2.63. The first-order chi connectivity index (χ1) is 9.78. The molecule has 0 fully saturated rings. The van der Waals surface area contributed by atoms with E-state index in [2.05, 4.69) is 40.7 Å². The summed E-state index contributed by atoms with van der Waals surface area (Å²) in [7, 11) is 0. The van der Waals surface area contributed by atoms with Gasteiger partial charge in [-0.25, -0.2) is 4.98 Å². The van der Waals surface area contributed by atoms with Crippen molar-refractivity contribution in [2.75, 3.05) is 0 Å². The molecule has 0 bridgehead atoms. The second-order valence-corrected chi connectivity index (χ2v) is 5.77. The lowest BCUT2D eigenvalue weighted by Gasteiger charge is -2.29. The van der Waals surface area contributed by atoms with E-state index in [4.69, 9.17) is 5.73 Å². The average Bonchev–Trinajstić information content (AvgIpc) is 2.94. The number of nitrogens with zero attached hydrogens (tertiary/aromatic N) is 2. The minimum absolute atomic E-state index is 0.205. The molecule has 0 spiro atoms. The Kier molecular flexibility index (Phi) is 3.88. The molecule has 1 aliphatic rings. The molecule has 1 aromatic carbocycles. The molecule has 20 heavy (non-hydrogen) atoms. The highest BCUT2D eigenvalue weighted by molar-refractivity contribution is 5.30. The van der Waals surface area contributed by atoms with Crippen LogP contribution in [-0.2, 0) is 25.8 Å². The zero-order chi connectivity index (χ0) is 13.9. The quantitative estimate of drug-likeness (QED) is 0.927. The Morgan fingerprint density at radius 3 is 2.95 bits per heavy atom. The van der Waals surface area contributed by atoms with Crippen molar-refractivity contribution in [3.8, 4) is 0 Å². The Labute approximate surface area is 120 Å². The highest BCUT2D eigenvalue weighted by Crippen LogP contribution is 2.27. The number of aromatic nitrogens is 2. The van der Waals surface area contributed by atoms with Gasteiger partial charge in [0, 0.05) is 31.4 Å². The van der Waals surface area contributed by atoms with Crippen molar-refractivity contribution >= 4 is 0 Å². The summed E-state index contributed by atoms with van der Waals surface area (Å²) in [5.41, 5.74) is 9.46. The first-order valence-electron chi connectivity index (χ1n) is 7.60. The minimum Gasteiger partial charge on any atom is -0.335 e. The lowest BCUT2D eigenvalue weighted by molar-refractivity contribution is 0.365. The fraction of sp³-hybridized carbons (Fsp3) is 0.471. The molecule has 3 rings (SSSR count). The first kappa shape index (κ1) is 13.4. The molecule has 3 heteroatoms. The van der Waals surface area contributed by atoms with E-state index < -0.39 is 0 Å². The second kappa shape index (κ2) is 5.80. The smallest absolute Gasteiger partial charge is 0.110 e. The number of rotatable bonds is 4. The maximum Gasteiger partial charge on any atom is 0.110 e. The average molecular weight is 269 g/mol. The van der Waals surface area contributed by atoms with Crippen LogP contribution in [0, 0.1) is 5.92 Å². The van der Waals surface area contributed by atoms with Gasteiger partial charge in [-0.15, -0.1) is 0 Å². The van der Waals surface area contributed by atoms with Crippen LogP contribution >= 0.6 is 0 Å². The van der Waals surface area contributed by atoms with E-state index >= 15 is 0 Å². The Bertz CT molecular complexity index is 573. The van der Waals surface area contributed by atoms with Gasteiger partial charge in [-0.05, 0) is 43.2 Å². The van der Waals surface area contributed by atoms with Crippen LogP contribution in [0.15, 0.2) is 36.7 Å². The fourth-order valence-corrected chi connectivity index (χ4v) is 3.29. The van der Waals surface area contributed by atoms with Gasteiger partial charge in [0.25, 0.3) is 0 Å². The molecule has 0 saturated carbocycles. The van der Waals surface area contributed by atoms with Crippen LogP contribution in [0.4, 0.5) is 0 Å². The van der Waals surface area contributed by atoms with Crippen LogP contribution in [0.25, 0.3) is 0 Å². The van der Waals surface area contributed by atoms with Gasteiger partial charge in [-0.2, -0.15) is 0 Å². The number of fused-ring (bicyclic) bond motifs is 1. The van der Waals surface area contributed by atoms with Crippen molar-refractivity contribution in [1.82, 2.24) is 9.55 Å². The second-order valence-electron chi connectivity index (χ2n) is 5.77. The van der Waals surface area contributed by atoms with Crippen LogP contribution < -0.4 is 5.73 Å². The van der Waals surface area contributed by atoms with Crippen LogP contribution in [0.2, 0.25) is 0 Å². The van der Waals surface area contributed by atoms with Crippen molar-refractivity contribution in [2.24, 2.45) is 11.7 Å². The van der Waals surface area contributed by atoms with Crippen LogP contribution in [0.3, 0.4) is 0 Å². The summed E-state index contributed by atoms with van der Waals surface area (Å²) < 4.78 is 2.19. The molecule has 0 radical (unpaired) electrons. The van der Waals surface area contributed by atoms with Crippen LogP contribution in [-0.4, -0.2) is 15.6 Å². The predicted molar refractivity (Wildman–Crippen MR) is 81.5 cm³/mol. The van der Waals surface area contributed by atoms with Crippen LogP contribution in [0.5, 0.6) is 0 Å². The Hall–Kier alpha value is -1.61. The summed E-state index contributed by atoms with van der Waals surface area (Å²) in [6.07, 6.45) is 8.28. The number of aryl methyl sites for hydroxylation is 2. The fourth-order valence-electron chi connectivity index (χ4n) is 3.29. The molecule has 1 aliphatic carbocycles. The summed E-state index contributed by atoms with van der Waals surface area (Å²) in [6, 6.07) is 8.98. The molecule has 0 aliphatic heterocycles. The largest absolute Gasteiger partial charge is 0.335 e. The standard InChI is InChI=1S/C17H23N3/c1-2-20-10-9-19-17(20)12-16(18)15-8-7-13-5-3-4-6-14(13)11-15/h3-6,9-10,15-16H,2,7-8,11-12,18H2,1H3. The van der Waals surface area contributed by atoms with Gasteiger partial charge in [0.1, 0.15) is 5.82 Å². The third-order valence-electron chi connectivity index (χ3n) is 4.55. The first-order valence-corrected chi connectivity index (χ1v) is 7.60. The van der Waals surface area contributed by atoms with E-state index in [0.29, 0.717) is 5.92 Å². The molecule has 1 heterocycles. The minimum atomic E-state index is 0.205. The van der Waals surface area contributed by atoms with Gasteiger partial charge in [0.2, 0.25) is 0 Å². The lowest BCUT2D eigenvalue weighted by Crippen LogP contribution is -2.36. The SMILES string of the molecule is CCn1ccnc1CC(N)C1CCc2ccccc2C1. The van der Waals surface area contributed by atoms with E-state index in [1.165, 1.54) is 17.5 Å². The molecule has 0 amide bonds. The summed E-state index contributed by atoms with van der Waals surface area (Å²) in [6.45, 7) is 3.11. The number of hydrogen-bond donors (Lipinski definition) is 1. The topological polar surface area (TPSA) is 43.8 Å².